The minimum absolute atomic E-state index is 0.0125. The highest BCUT2D eigenvalue weighted by Crippen LogP contribution is 2.18. The molecule has 0 spiro atoms. The number of allylic oxidation sites excluding steroid dienone is 1. The Kier molecular flexibility index (Phi) is 7.27. The van der Waals surface area contributed by atoms with Crippen LogP contribution in [0, 0.1) is 22.7 Å². The van der Waals surface area contributed by atoms with Gasteiger partial charge in [-0.3, -0.25) is 4.79 Å². The third-order valence-corrected chi connectivity index (χ3v) is 6.24. The van der Waals surface area contributed by atoms with E-state index in [4.69, 9.17) is 10.5 Å². The molecule has 0 saturated heterocycles. The average Bonchev–Trinajstić information content (AvgIpc) is 2.74. The lowest BCUT2D eigenvalue weighted by atomic mass is 10.1. The maximum absolute atomic E-state index is 12.5. The van der Waals surface area contributed by atoms with Gasteiger partial charge in [0.25, 0.3) is 5.91 Å². The lowest BCUT2D eigenvalue weighted by Gasteiger charge is -2.18. The molecule has 0 fully saturated rings. The van der Waals surface area contributed by atoms with Gasteiger partial charge < -0.3 is 5.32 Å². The number of benzene rings is 2. The van der Waals surface area contributed by atoms with E-state index in [1.54, 1.807) is 50.3 Å². The molecule has 7 nitrogen and oxygen atoms in total. The Hall–Kier alpha value is -3.46. The van der Waals surface area contributed by atoms with Crippen molar-refractivity contribution in [3.8, 4) is 12.1 Å². The Morgan fingerprint density at radius 1 is 1.00 bits per heavy atom. The highest BCUT2D eigenvalue weighted by molar-refractivity contribution is 7.89. The number of carbonyl (C=O) groups excluding carboxylic acids is 1. The molecule has 0 aliphatic carbocycles. The van der Waals surface area contributed by atoms with Crippen LogP contribution in [0.5, 0.6) is 0 Å². The summed E-state index contributed by atoms with van der Waals surface area (Å²) in [5.74, 6) is -0.380. The second kappa shape index (κ2) is 9.65. The van der Waals surface area contributed by atoms with Crippen molar-refractivity contribution in [2.24, 2.45) is 0 Å². The van der Waals surface area contributed by atoms with Crippen LogP contribution in [0.4, 0.5) is 5.69 Å². The molecule has 1 N–H and O–H groups in total. The summed E-state index contributed by atoms with van der Waals surface area (Å²) in [7, 11) is -3.57. The first-order valence-corrected chi connectivity index (χ1v) is 10.3. The minimum Gasteiger partial charge on any atom is -0.322 e. The molecule has 148 valence electrons. The van der Waals surface area contributed by atoms with Crippen molar-refractivity contribution in [1.82, 2.24) is 4.31 Å². The van der Waals surface area contributed by atoms with Gasteiger partial charge in [0.15, 0.2) is 0 Å². The maximum Gasteiger partial charge on any atom is 0.255 e. The van der Waals surface area contributed by atoms with Crippen LogP contribution >= 0.6 is 0 Å². The van der Waals surface area contributed by atoms with Gasteiger partial charge >= 0.3 is 0 Å². The van der Waals surface area contributed by atoms with E-state index in [0.717, 1.165) is 0 Å². The number of hydrogen-bond donors (Lipinski definition) is 1. The molecule has 2 aromatic rings. The van der Waals surface area contributed by atoms with Gasteiger partial charge in [0.1, 0.15) is 17.7 Å². The summed E-state index contributed by atoms with van der Waals surface area (Å²) in [6.07, 6.45) is 1.45. The van der Waals surface area contributed by atoms with Crippen LogP contribution in [0.1, 0.15) is 29.8 Å². The smallest absolute Gasteiger partial charge is 0.255 e. The van der Waals surface area contributed by atoms with Crippen molar-refractivity contribution >= 4 is 27.7 Å². The Morgan fingerprint density at radius 3 is 2.03 bits per heavy atom. The Morgan fingerprint density at radius 2 is 1.55 bits per heavy atom. The summed E-state index contributed by atoms with van der Waals surface area (Å²) in [6, 6.07) is 16.0. The summed E-state index contributed by atoms with van der Waals surface area (Å²) in [5.41, 5.74) is 1.50. The summed E-state index contributed by atoms with van der Waals surface area (Å²) in [4.78, 5) is 12.5. The molecule has 0 saturated carbocycles. The first kappa shape index (κ1) is 21.8. The van der Waals surface area contributed by atoms with Gasteiger partial charge in [0.05, 0.1) is 4.90 Å². The molecule has 2 aromatic carbocycles. The van der Waals surface area contributed by atoms with Crippen molar-refractivity contribution in [1.29, 1.82) is 10.5 Å². The molecule has 0 aromatic heterocycles. The van der Waals surface area contributed by atoms with E-state index in [9.17, 15) is 13.2 Å². The molecule has 8 heteroatoms. The van der Waals surface area contributed by atoms with Crippen LogP contribution < -0.4 is 5.32 Å². The predicted molar refractivity (Wildman–Crippen MR) is 110 cm³/mol. The van der Waals surface area contributed by atoms with Crippen LogP contribution in [0.15, 0.2) is 59.0 Å². The zero-order chi connectivity index (χ0) is 21.4. The van der Waals surface area contributed by atoms with Crippen LogP contribution in [0.3, 0.4) is 0 Å². The van der Waals surface area contributed by atoms with Gasteiger partial charge in [-0.2, -0.15) is 14.8 Å². The van der Waals surface area contributed by atoms with E-state index >= 15 is 0 Å². The lowest BCUT2D eigenvalue weighted by molar-refractivity contribution is 0.102. The van der Waals surface area contributed by atoms with E-state index in [2.05, 4.69) is 5.32 Å². The standard InChI is InChI=1S/C21H20N4O3S/c1-3-25(4-2)29(27,28)20-11-7-18(8-12-20)21(26)24-19-9-5-16(6-10-19)13-17(14-22)15-23/h5-13H,3-4H2,1-2H3,(H,24,26). The fraction of sp³-hybridized carbons (Fsp3) is 0.190. The van der Waals surface area contributed by atoms with Gasteiger partial charge in [-0.1, -0.05) is 26.0 Å². The third-order valence-electron chi connectivity index (χ3n) is 4.18. The number of nitriles is 2. The number of anilines is 1. The number of rotatable bonds is 7. The van der Waals surface area contributed by atoms with Crippen molar-refractivity contribution in [3.05, 3.63) is 65.2 Å². The van der Waals surface area contributed by atoms with Crippen LogP contribution in [0.2, 0.25) is 0 Å². The second-order valence-corrected chi connectivity index (χ2v) is 7.91. The van der Waals surface area contributed by atoms with Crippen molar-refractivity contribution in [2.75, 3.05) is 18.4 Å². The van der Waals surface area contributed by atoms with Gasteiger partial charge in [0.2, 0.25) is 10.0 Å². The number of nitrogens with zero attached hydrogens (tertiary/aromatic N) is 3. The summed E-state index contributed by atoms with van der Waals surface area (Å²) >= 11 is 0. The number of carbonyl (C=O) groups is 1. The summed E-state index contributed by atoms with van der Waals surface area (Å²) < 4.78 is 26.3. The van der Waals surface area contributed by atoms with E-state index < -0.39 is 10.0 Å². The Balaban J connectivity index is 2.13. The normalized spacial score (nSPS) is 10.7. The summed E-state index contributed by atoms with van der Waals surface area (Å²) in [5, 5.41) is 20.3. The molecular weight excluding hydrogens is 388 g/mol. The monoisotopic (exact) mass is 408 g/mol. The predicted octanol–water partition coefficient (Wildman–Crippen LogP) is 3.40. The molecule has 2 rings (SSSR count). The van der Waals surface area contributed by atoms with Crippen LogP contribution in [-0.2, 0) is 10.0 Å². The van der Waals surface area contributed by atoms with E-state index in [1.807, 2.05) is 0 Å². The fourth-order valence-corrected chi connectivity index (χ4v) is 4.07. The molecule has 0 atom stereocenters. The zero-order valence-electron chi connectivity index (χ0n) is 16.1. The molecule has 0 bridgehead atoms. The molecule has 0 unspecified atom stereocenters. The van der Waals surface area contributed by atoms with Gasteiger partial charge in [-0.15, -0.1) is 0 Å². The SMILES string of the molecule is CCN(CC)S(=O)(=O)c1ccc(C(=O)Nc2ccc(C=C(C#N)C#N)cc2)cc1. The highest BCUT2D eigenvalue weighted by atomic mass is 32.2. The van der Waals surface area contributed by atoms with Gasteiger partial charge in [0, 0.05) is 24.3 Å². The molecule has 0 radical (unpaired) electrons. The molecule has 0 heterocycles. The molecule has 29 heavy (non-hydrogen) atoms. The van der Waals surface area contributed by atoms with Gasteiger partial charge in [-0.25, -0.2) is 8.42 Å². The van der Waals surface area contributed by atoms with Crippen LogP contribution in [0.25, 0.3) is 6.08 Å². The Bertz CT molecular complexity index is 1070. The molecule has 0 aliphatic rings. The average molecular weight is 408 g/mol. The largest absolute Gasteiger partial charge is 0.322 e. The van der Waals surface area contributed by atoms with Crippen molar-refractivity contribution in [2.45, 2.75) is 18.7 Å². The summed E-state index contributed by atoms with van der Waals surface area (Å²) in [6.45, 7) is 4.28. The second-order valence-electron chi connectivity index (χ2n) is 5.97. The Labute approximate surface area is 170 Å². The first-order valence-electron chi connectivity index (χ1n) is 8.89. The number of hydrogen-bond acceptors (Lipinski definition) is 5. The minimum atomic E-state index is -3.57. The molecule has 1 amide bonds. The maximum atomic E-state index is 12.5. The molecular formula is C21H20N4O3S. The molecule has 0 aliphatic heterocycles. The number of amides is 1. The highest BCUT2D eigenvalue weighted by Gasteiger charge is 2.21. The van der Waals surface area contributed by atoms with Crippen molar-refractivity contribution < 1.29 is 13.2 Å². The lowest BCUT2D eigenvalue weighted by Crippen LogP contribution is -2.30. The van der Waals surface area contributed by atoms with Crippen LogP contribution in [-0.4, -0.2) is 31.7 Å². The quantitative estimate of drug-likeness (QED) is 0.705. The number of sulfonamides is 1. The zero-order valence-corrected chi connectivity index (χ0v) is 16.9. The topological polar surface area (TPSA) is 114 Å². The van der Waals surface area contributed by atoms with E-state index in [1.165, 1.54) is 34.6 Å². The van der Waals surface area contributed by atoms with E-state index in [-0.39, 0.29) is 16.4 Å². The first-order chi connectivity index (χ1) is 13.8. The van der Waals surface area contributed by atoms with E-state index in [0.29, 0.717) is 29.9 Å². The van der Waals surface area contributed by atoms with Gasteiger partial charge in [-0.05, 0) is 48.0 Å². The number of nitrogens with one attached hydrogen (secondary N) is 1. The third kappa shape index (κ3) is 5.29. The van der Waals surface area contributed by atoms with Crippen molar-refractivity contribution in [3.63, 3.8) is 0 Å². The fourth-order valence-electron chi connectivity index (χ4n) is 2.61.